The smallest absolute Gasteiger partial charge is 0.268 e. The van der Waals surface area contributed by atoms with Crippen molar-refractivity contribution in [2.75, 3.05) is 10.0 Å². The molecule has 7 nitrogen and oxygen atoms in total. The van der Waals surface area contributed by atoms with Gasteiger partial charge in [0.15, 0.2) is 10.7 Å². The largest absolute Gasteiger partial charge is 0.380 e. The van der Waals surface area contributed by atoms with E-state index in [4.69, 9.17) is 4.52 Å². The minimum Gasteiger partial charge on any atom is -0.380 e. The van der Waals surface area contributed by atoms with Crippen LogP contribution in [0.15, 0.2) is 52.0 Å². The predicted octanol–water partition coefficient (Wildman–Crippen LogP) is 3.41. The number of hydrogen-bond acceptors (Lipinski definition) is 6. The Balaban J connectivity index is 1.67. The van der Waals surface area contributed by atoms with Crippen molar-refractivity contribution in [1.82, 2.24) is 10.1 Å². The molecule has 0 spiro atoms. The molecule has 0 saturated heterocycles. The summed E-state index contributed by atoms with van der Waals surface area (Å²) < 4.78 is 32.3. The average molecular weight is 372 g/mol. The van der Waals surface area contributed by atoms with E-state index in [1.807, 2.05) is 6.92 Å². The summed E-state index contributed by atoms with van der Waals surface area (Å²) in [6.45, 7) is 5.84. The summed E-state index contributed by atoms with van der Waals surface area (Å²) >= 11 is 0. The highest BCUT2D eigenvalue weighted by Crippen LogP contribution is 2.22. The molecule has 2 N–H and O–H groups in total. The van der Waals surface area contributed by atoms with Crippen LogP contribution in [0.25, 0.3) is 0 Å². The van der Waals surface area contributed by atoms with Gasteiger partial charge in [0, 0.05) is 6.54 Å². The van der Waals surface area contributed by atoms with Gasteiger partial charge in [-0.1, -0.05) is 35.0 Å². The van der Waals surface area contributed by atoms with E-state index in [1.54, 1.807) is 32.2 Å². The van der Waals surface area contributed by atoms with E-state index in [9.17, 15) is 8.42 Å². The molecule has 0 radical (unpaired) electrons. The second-order valence-corrected chi connectivity index (χ2v) is 7.65. The third kappa shape index (κ3) is 4.02. The van der Waals surface area contributed by atoms with Crippen molar-refractivity contribution < 1.29 is 12.9 Å². The molecule has 0 aliphatic rings. The van der Waals surface area contributed by atoms with Crippen molar-refractivity contribution in [3.8, 4) is 0 Å². The predicted molar refractivity (Wildman–Crippen MR) is 99.5 cm³/mol. The van der Waals surface area contributed by atoms with Crippen LogP contribution in [-0.4, -0.2) is 18.6 Å². The number of nitrogens with one attached hydrogen (secondary N) is 2. The highest BCUT2D eigenvalue weighted by atomic mass is 32.2. The zero-order chi connectivity index (χ0) is 18.7. The lowest BCUT2D eigenvalue weighted by atomic mass is 10.1. The highest BCUT2D eigenvalue weighted by Gasteiger charge is 2.24. The monoisotopic (exact) mass is 372 g/mol. The summed E-state index contributed by atoms with van der Waals surface area (Å²) in [4.78, 5) is 4.20. The van der Waals surface area contributed by atoms with Crippen molar-refractivity contribution in [2.24, 2.45) is 0 Å². The van der Waals surface area contributed by atoms with E-state index in [1.165, 1.54) is 5.56 Å². The Bertz CT molecular complexity index is 974. The van der Waals surface area contributed by atoms with Gasteiger partial charge < -0.3 is 9.84 Å². The van der Waals surface area contributed by atoms with Crippen LogP contribution in [0.2, 0.25) is 0 Å². The number of rotatable bonds is 6. The minimum atomic E-state index is -3.79. The Morgan fingerprint density at radius 3 is 2.35 bits per heavy atom. The van der Waals surface area contributed by atoms with Crippen LogP contribution in [0.4, 0.5) is 11.5 Å². The first-order valence-corrected chi connectivity index (χ1v) is 9.54. The summed E-state index contributed by atoms with van der Waals surface area (Å²) in [5.41, 5.74) is 3.47. The van der Waals surface area contributed by atoms with E-state index in [-0.39, 0.29) is 16.5 Å². The van der Waals surface area contributed by atoms with E-state index in [0.29, 0.717) is 12.2 Å². The molecule has 0 atom stereocenters. The van der Waals surface area contributed by atoms with Gasteiger partial charge in [0.25, 0.3) is 10.0 Å². The fourth-order valence-corrected chi connectivity index (χ4v) is 3.86. The first-order chi connectivity index (χ1) is 12.3. The van der Waals surface area contributed by atoms with E-state index < -0.39 is 10.0 Å². The van der Waals surface area contributed by atoms with Gasteiger partial charge in [-0.25, -0.2) is 13.4 Å². The topological polar surface area (TPSA) is 97.1 Å². The van der Waals surface area contributed by atoms with Gasteiger partial charge in [0.2, 0.25) is 0 Å². The third-order valence-corrected chi connectivity index (χ3v) is 5.45. The molecule has 26 heavy (non-hydrogen) atoms. The second kappa shape index (κ2) is 7.17. The van der Waals surface area contributed by atoms with Gasteiger partial charge >= 0.3 is 0 Å². The number of benzene rings is 1. The van der Waals surface area contributed by atoms with Crippen LogP contribution in [-0.2, 0) is 16.6 Å². The van der Waals surface area contributed by atoms with Crippen LogP contribution < -0.4 is 10.0 Å². The Hall–Kier alpha value is -2.87. The minimum absolute atomic E-state index is 0.0425. The third-order valence-electron chi connectivity index (χ3n) is 3.86. The van der Waals surface area contributed by atoms with Gasteiger partial charge in [-0.3, -0.25) is 4.72 Å². The van der Waals surface area contributed by atoms with Crippen molar-refractivity contribution >= 4 is 21.5 Å². The number of sulfonamides is 1. The van der Waals surface area contributed by atoms with Crippen LogP contribution >= 0.6 is 0 Å². The summed E-state index contributed by atoms with van der Waals surface area (Å²) in [7, 11) is -3.79. The normalized spacial score (nSPS) is 11.3. The molecule has 0 fully saturated rings. The molecule has 0 saturated carbocycles. The molecule has 0 aliphatic carbocycles. The SMILES string of the molecule is Cc1ccc(CNc2ccc(NS(=O)(=O)c3c(C)noc3C)nc2)cc1. The lowest BCUT2D eigenvalue weighted by molar-refractivity contribution is 0.390. The molecular formula is C18H20N4O3S. The van der Waals surface area contributed by atoms with Crippen LogP contribution in [0, 0.1) is 20.8 Å². The maximum absolute atomic E-state index is 12.5. The highest BCUT2D eigenvalue weighted by molar-refractivity contribution is 7.92. The molecule has 136 valence electrons. The molecule has 2 aromatic heterocycles. The molecule has 3 rings (SSSR count). The zero-order valence-corrected chi connectivity index (χ0v) is 15.6. The van der Waals surface area contributed by atoms with Gasteiger partial charge in [0.1, 0.15) is 11.5 Å². The lowest BCUT2D eigenvalue weighted by Gasteiger charge is -2.09. The first-order valence-electron chi connectivity index (χ1n) is 8.06. The van der Waals surface area contributed by atoms with Gasteiger partial charge in [-0.15, -0.1) is 0 Å². The number of aryl methyl sites for hydroxylation is 3. The van der Waals surface area contributed by atoms with Crippen LogP contribution in [0.3, 0.4) is 0 Å². The summed E-state index contributed by atoms with van der Waals surface area (Å²) in [5.74, 6) is 0.470. The van der Waals surface area contributed by atoms with E-state index in [2.05, 4.69) is 44.4 Å². The van der Waals surface area contributed by atoms with Crippen molar-refractivity contribution in [2.45, 2.75) is 32.2 Å². The molecule has 0 aliphatic heterocycles. The zero-order valence-electron chi connectivity index (χ0n) is 14.8. The van der Waals surface area contributed by atoms with Crippen LogP contribution in [0.5, 0.6) is 0 Å². The number of nitrogens with zero attached hydrogens (tertiary/aromatic N) is 2. The summed E-state index contributed by atoms with van der Waals surface area (Å²) in [6, 6.07) is 11.6. The second-order valence-electron chi connectivity index (χ2n) is 6.03. The molecule has 0 bridgehead atoms. The fourth-order valence-electron chi connectivity index (χ4n) is 2.52. The van der Waals surface area contributed by atoms with Gasteiger partial charge in [-0.2, -0.15) is 0 Å². The Morgan fingerprint density at radius 1 is 1.04 bits per heavy atom. The standard InChI is InChI=1S/C18H20N4O3S/c1-12-4-6-15(7-5-12)10-19-16-8-9-17(20-11-16)22-26(23,24)18-13(2)21-25-14(18)3/h4-9,11,19H,10H2,1-3H3,(H,20,22). The van der Waals surface area contributed by atoms with Crippen molar-refractivity contribution in [3.63, 3.8) is 0 Å². The average Bonchev–Trinajstić information content (AvgIpc) is 2.95. The van der Waals surface area contributed by atoms with Gasteiger partial charge in [0.05, 0.1) is 11.9 Å². The first kappa shape index (κ1) is 17.9. The maximum Gasteiger partial charge on any atom is 0.268 e. The number of pyridine rings is 1. The quantitative estimate of drug-likeness (QED) is 0.688. The number of hydrogen-bond donors (Lipinski definition) is 2. The summed E-state index contributed by atoms with van der Waals surface area (Å²) in [5, 5.41) is 6.92. The number of anilines is 2. The molecule has 2 heterocycles. The molecule has 0 amide bonds. The van der Waals surface area contributed by atoms with E-state index >= 15 is 0 Å². The van der Waals surface area contributed by atoms with Crippen LogP contribution in [0.1, 0.15) is 22.6 Å². The molecule has 8 heteroatoms. The summed E-state index contributed by atoms with van der Waals surface area (Å²) in [6.07, 6.45) is 1.58. The molecular weight excluding hydrogens is 352 g/mol. The Labute approximate surface area is 152 Å². The van der Waals surface area contributed by atoms with Crippen molar-refractivity contribution in [3.05, 3.63) is 65.2 Å². The molecule has 1 aromatic carbocycles. The Kier molecular flexibility index (Phi) is 4.94. The molecule has 0 unspecified atom stereocenters. The maximum atomic E-state index is 12.5. The lowest BCUT2D eigenvalue weighted by Crippen LogP contribution is -2.15. The number of aromatic nitrogens is 2. The fraction of sp³-hybridized carbons (Fsp3) is 0.222. The Morgan fingerprint density at radius 2 is 1.77 bits per heavy atom. The van der Waals surface area contributed by atoms with E-state index in [0.717, 1.165) is 11.3 Å². The van der Waals surface area contributed by atoms with Gasteiger partial charge in [-0.05, 0) is 38.5 Å². The molecule has 3 aromatic rings. The van der Waals surface area contributed by atoms with Crippen molar-refractivity contribution in [1.29, 1.82) is 0 Å².